The van der Waals surface area contributed by atoms with E-state index >= 15 is 0 Å². The fraction of sp³-hybridized carbons (Fsp3) is 0.379. The van der Waals surface area contributed by atoms with Crippen LogP contribution >= 0.6 is 0 Å². The number of aromatic nitrogens is 2. The van der Waals surface area contributed by atoms with Crippen LogP contribution in [0.3, 0.4) is 0 Å². The number of amides is 3. The first-order chi connectivity index (χ1) is 18.4. The zero-order chi connectivity index (χ0) is 27.1. The minimum absolute atomic E-state index is 0.150. The van der Waals surface area contributed by atoms with Crippen molar-refractivity contribution in [2.75, 3.05) is 20.1 Å². The molecule has 0 bridgehead atoms. The summed E-state index contributed by atoms with van der Waals surface area (Å²) in [6.07, 6.45) is 7.57. The van der Waals surface area contributed by atoms with Crippen molar-refractivity contribution in [2.24, 2.45) is 5.73 Å². The van der Waals surface area contributed by atoms with E-state index in [1.54, 1.807) is 18.6 Å². The van der Waals surface area contributed by atoms with Crippen LogP contribution in [0.5, 0.6) is 11.5 Å². The second-order valence-electron chi connectivity index (χ2n) is 9.75. The van der Waals surface area contributed by atoms with Crippen molar-refractivity contribution in [2.45, 2.75) is 51.0 Å². The number of rotatable bonds is 9. The molecule has 1 saturated heterocycles. The molecule has 0 aliphatic carbocycles. The molecule has 9 nitrogen and oxygen atoms in total. The summed E-state index contributed by atoms with van der Waals surface area (Å²) in [5.74, 6) is 1.19. The third kappa shape index (κ3) is 5.80. The van der Waals surface area contributed by atoms with E-state index in [0.29, 0.717) is 43.0 Å². The molecular weight excluding hydrogens is 480 g/mol. The van der Waals surface area contributed by atoms with Crippen molar-refractivity contribution >= 4 is 11.9 Å². The van der Waals surface area contributed by atoms with Gasteiger partial charge in [-0.3, -0.25) is 4.79 Å². The first kappa shape index (κ1) is 26.7. The number of carbonyl (C=O) groups is 2. The monoisotopic (exact) mass is 514 g/mol. The van der Waals surface area contributed by atoms with Gasteiger partial charge in [0.05, 0.1) is 17.3 Å². The molecule has 0 saturated carbocycles. The number of hydrogen-bond donors (Lipinski definition) is 2. The fourth-order valence-electron chi connectivity index (χ4n) is 5.18. The Morgan fingerprint density at radius 1 is 1.26 bits per heavy atom. The van der Waals surface area contributed by atoms with Crippen molar-refractivity contribution < 1.29 is 14.3 Å². The number of nitrogens with two attached hydrogens (primary N) is 1. The molecule has 3 amide bonds. The smallest absolute Gasteiger partial charge is 0.312 e. The van der Waals surface area contributed by atoms with Crippen LogP contribution in [0.1, 0.15) is 55.0 Å². The molecule has 1 fully saturated rings. The van der Waals surface area contributed by atoms with Crippen LogP contribution in [0.25, 0.3) is 0 Å². The van der Waals surface area contributed by atoms with Gasteiger partial charge in [-0.15, -0.1) is 0 Å². The van der Waals surface area contributed by atoms with E-state index in [1.807, 2.05) is 52.9 Å². The average Bonchev–Trinajstić information content (AvgIpc) is 3.29. The molecule has 3 N–H and O–H groups in total. The Labute approximate surface area is 223 Å². The molecule has 1 atom stereocenters. The molecule has 0 spiro atoms. The van der Waals surface area contributed by atoms with Crippen molar-refractivity contribution in [1.29, 1.82) is 5.26 Å². The Hall–Kier alpha value is -4.32. The highest BCUT2D eigenvalue weighted by Gasteiger charge is 2.41. The molecule has 198 valence electrons. The number of imidazole rings is 1. The zero-order valence-electron chi connectivity index (χ0n) is 21.9. The summed E-state index contributed by atoms with van der Waals surface area (Å²) < 4.78 is 8.24. The first-order valence-electron chi connectivity index (χ1n) is 13.0. The third-order valence-electron chi connectivity index (χ3n) is 7.32. The number of nitrogens with zero attached hydrogens (tertiary/aromatic N) is 4. The summed E-state index contributed by atoms with van der Waals surface area (Å²) in [5, 5.41) is 12.3. The minimum Gasteiger partial charge on any atom is -0.456 e. The zero-order valence-corrected chi connectivity index (χ0v) is 21.9. The summed E-state index contributed by atoms with van der Waals surface area (Å²) in [7, 11) is 1.88. The van der Waals surface area contributed by atoms with Gasteiger partial charge in [-0.2, -0.15) is 5.26 Å². The molecule has 1 aromatic heterocycles. The maximum atomic E-state index is 13.4. The normalized spacial score (nSPS) is 17.5. The highest BCUT2D eigenvalue weighted by molar-refractivity contribution is 5.88. The van der Waals surface area contributed by atoms with Crippen LogP contribution in [-0.2, 0) is 23.2 Å². The van der Waals surface area contributed by atoms with Crippen molar-refractivity contribution in [3.8, 4) is 17.6 Å². The van der Waals surface area contributed by atoms with Crippen molar-refractivity contribution in [1.82, 2.24) is 19.8 Å². The Morgan fingerprint density at radius 3 is 2.87 bits per heavy atom. The maximum Gasteiger partial charge on any atom is 0.312 e. The van der Waals surface area contributed by atoms with Crippen LogP contribution in [0.4, 0.5) is 4.79 Å². The number of likely N-dealkylation sites (tertiary alicyclic amines) is 1. The van der Waals surface area contributed by atoms with E-state index in [0.717, 1.165) is 42.6 Å². The second kappa shape index (κ2) is 11.8. The second-order valence-corrected chi connectivity index (χ2v) is 9.75. The number of nitriles is 1. The highest BCUT2D eigenvalue weighted by Crippen LogP contribution is 2.39. The van der Waals surface area contributed by atoms with Gasteiger partial charge in [0.25, 0.3) is 0 Å². The average molecular weight is 515 g/mol. The third-order valence-corrected chi connectivity index (χ3v) is 7.32. The van der Waals surface area contributed by atoms with Gasteiger partial charge in [-0.25, -0.2) is 9.78 Å². The van der Waals surface area contributed by atoms with Gasteiger partial charge in [0.15, 0.2) is 0 Å². The molecule has 1 aliphatic rings. The van der Waals surface area contributed by atoms with Gasteiger partial charge in [-0.1, -0.05) is 31.5 Å². The quantitative estimate of drug-likeness (QED) is 0.445. The topological polar surface area (TPSA) is 126 Å². The molecule has 1 unspecified atom stereocenters. The summed E-state index contributed by atoms with van der Waals surface area (Å²) >= 11 is 0. The van der Waals surface area contributed by atoms with Crippen molar-refractivity contribution in [3.63, 3.8) is 0 Å². The van der Waals surface area contributed by atoms with E-state index in [1.165, 1.54) is 0 Å². The lowest BCUT2D eigenvalue weighted by molar-refractivity contribution is -0.135. The lowest BCUT2D eigenvalue weighted by Gasteiger charge is -2.33. The SMILES string of the molecule is CCC1(c2cccc(Oc3cc(Cn4cncc4CCNC(N)=O)ccc3C#N)c2)CCCCN(C)C1=O. The molecule has 1 aliphatic heterocycles. The molecule has 0 radical (unpaired) electrons. The number of nitrogens with one attached hydrogen (secondary N) is 1. The van der Waals surface area contributed by atoms with E-state index in [4.69, 9.17) is 10.5 Å². The number of ether oxygens (including phenoxy) is 1. The van der Waals surface area contributed by atoms with E-state index in [2.05, 4.69) is 23.3 Å². The highest BCUT2D eigenvalue weighted by atomic mass is 16.5. The molecule has 9 heteroatoms. The van der Waals surface area contributed by atoms with Gasteiger partial charge < -0.3 is 25.3 Å². The summed E-state index contributed by atoms with van der Waals surface area (Å²) in [6.45, 7) is 3.77. The Morgan fingerprint density at radius 2 is 2.11 bits per heavy atom. The van der Waals surface area contributed by atoms with Gasteiger partial charge in [0, 0.05) is 45.0 Å². The van der Waals surface area contributed by atoms with Gasteiger partial charge >= 0.3 is 6.03 Å². The van der Waals surface area contributed by atoms with Gasteiger partial charge in [-0.05, 0) is 54.7 Å². The van der Waals surface area contributed by atoms with Crippen molar-refractivity contribution in [3.05, 3.63) is 77.4 Å². The standard InChI is InChI=1S/C29H34N6O3/c1-3-29(12-4-5-14-34(2)27(29)36)23-7-6-8-25(16-23)38-26-15-21(9-10-22(26)17-30)19-35-20-32-18-24(35)11-13-33-28(31)37/h6-10,15-16,18,20H,3-5,11-14,19H2,1-2H3,(H3,31,33,37). The molecule has 4 rings (SSSR count). The number of benzene rings is 2. The van der Waals surface area contributed by atoms with E-state index in [9.17, 15) is 14.9 Å². The number of primary amides is 1. The lowest BCUT2D eigenvalue weighted by Crippen LogP contribution is -2.43. The number of hydrogen-bond acceptors (Lipinski definition) is 5. The Bertz CT molecular complexity index is 1340. The predicted octanol–water partition coefficient (Wildman–Crippen LogP) is 4.10. The number of carbonyl (C=O) groups excluding carboxylic acids is 2. The van der Waals surface area contributed by atoms with E-state index in [-0.39, 0.29) is 5.91 Å². The van der Waals surface area contributed by atoms with Crippen LogP contribution < -0.4 is 15.8 Å². The fourth-order valence-corrected chi connectivity index (χ4v) is 5.18. The molecule has 2 aromatic carbocycles. The maximum absolute atomic E-state index is 13.4. The molecule has 2 heterocycles. The molecular formula is C29H34N6O3. The van der Waals surface area contributed by atoms with Crippen LogP contribution in [0.2, 0.25) is 0 Å². The first-order valence-corrected chi connectivity index (χ1v) is 13.0. The largest absolute Gasteiger partial charge is 0.456 e. The molecule has 3 aromatic rings. The lowest BCUT2D eigenvalue weighted by atomic mass is 9.73. The van der Waals surface area contributed by atoms with Crippen LogP contribution in [0.15, 0.2) is 55.0 Å². The number of urea groups is 1. The van der Waals surface area contributed by atoms with E-state index < -0.39 is 11.4 Å². The summed E-state index contributed by atoms with van der Waals surface area (Å²) in [5.41, 5.74) is 7.82. The Kier molecular flexibility index (Phi) is 8.31. The summed E-state index contributed by atoms with van der Waals surface area (Å²) in [6, 6.07) is 14.8. The van der Waals surface area contributed by atoms with Gasteiger partial charge in [0.2, 0.25) is 5.91 Å². The van der Waals surface area contributed by atoms with Gasteiger partial charge in [0.1, 0.15) is 17.6 Å². The summed E-state index contributed by atoms with van der Waals surface area (Å²) in [4.78, 5) is 30.4. The predicted molar refractivity (Wildman–Crippen MR) is 144 cm³/mol. The minimum atomic E-state index is -0.578. The van der Waals surface area contributed by atoms with Crippen LogP contribution in [-0.4, -0.2) is 46.5 Å². The Balaban J connectivity index is 1.58. The number of likely N-dealkylation sites (N-methyl/N-ethyl adjacent to an activating group) is 1. The van der Waals surface area contributed by atoms with Crippen LogP contribution in [0, 0.1) is 11.3 Å². The molecule has 38 heavy (non-hydrogen) atoms.